The molecule has 0 fully saturated rings. The summed E-state index contributed by atoms with van der Waals surface area (Å²) in [5.41, 5.74) is 2.32. The van der Waals surface area contributed by atoms with Crippen molar-refractivity contribution in [2.75, 3.05) is 12.4 Å². The van der Waals surface area contributed by atoms with Crippen molar-refractivity contribution in [3.63, 3.8) is 0 Å². The molecule has 0 aliphatic carbocycles. The van der Waals surface area contributed by atoms with Gasteiger partial charge in [0.25, 0.3) is 0 Å². The van der Waals surface area contributed by atoms with Crippen molar-refractivity contribution in [3.05, 3.63) is 48.5 Å². The van der Waals surface area contributed by atoms with E-state index in [0.29, 0.717) is 12.4 Å². The topological polar surface area (TPSA) is 35.5 Å². The van der Waals surface area contributed by atoms with Gasteiger partial charge < -0.3 is 9.47 Å². The third-order valence-corrected chi connectivity index (χ3v) is 6.79. The Hall–Kier alpha value is -1.94. The third-order valence-electron chi connectivity index (χ3n) is 5.70. The Balaban J connectivity index is 1.72. The normalized spacial score (nSPS) is 11.8. The van der Waals surface area contributed by atoms with Gasteiger partial charge in [-0.05, 0) is 60.9 Å². The summed E-state index contributed by atoms with van der Waals surface area (Å²) in [7, 11) is 0. The van der Waals surface area contributed by atoms with Crippen LogP contribution in [0.25, 0.3) is 11.1 Å². The van der Waals surface area contributed by atoms with Crippen LogP contribution in [0.1, 0.15) is 85.0 Å². The Morgan fingerprint density at radius 2 is 1.30 bits per heavy atom. The fourth-order valence-electron chi connectivity index (χ4n) is 3.61. The van der Waals surface area contributed by atoms with Gasteiger partial charge in [0.15, 0.2) is 6.10 Å². The second kappa shape index (κ2) is 16.6. The number of carbonyl (C=O) groups excluding carboxylic acids is 1. The number of rotatable bonds is 17. The lowest BCUT2D eigenvalue weighted by atomic mass is 10.1. The molecule has 3 nitrogen and oxygen atoms in total. The molecule has 0 unspecified atom stereocenters. The van der Waals surface area contributed by atoms with E-state index in [1.807, 2.05) is 36.0 Å². The first-order chi connectivity index (χ1) is 16.1. The van der Waals surface area contributed by atoms with Gasteiger partial charge in [0.2, 0.25) is 0 Å². The highest BCUT2D eigenvalue weighted by atomic mass is 32.2. The molecule has 0 N–H and O–H groups in total. The Kier molecular flexibility index (Phi) is 13.8. The lowest BCUT2D eigenvalue weighted by Crippen LogP contribution is -2.26. The molecule has 0 saturated carbocycles. The monoisotopic (exact) mass is 470 g/mol. The maximum absolute atomic E-state index is 12.2. The fraction of sp³-hybridized carbons (Fsp3) is 0.552. The Morgan fingerprint density at radius 3 is 1.94 bits per heavy atom. The number of carbonyl (C=O) groups is 1. The highest BCUT2D eigenvalue weighted by Gasteiger charge is 2.16. The van der Waals surface area contributed by atoms with Crippen LogP contribution >= 0.6 is 11.8 Å². The van der Waals surface area contributed by atoms with Crippen LogP contribution in [0.15, 0.2) is 53.4 Å². The van der Waals surface area contributed by atoms with Gasteiger partial charge in [-0.1, -0.05) is 89.5 Å². The van der Waals surface area contributed by atoms with Crippen LogP contribution in [0.5, 0.6) is 5.75 Å². The van der Waals surface area contributed by atoms with E-state index in [-0.39, 0.29) is 5.97 Å². The van der Waals surface area contributed by atoms with Gasteiger partial charge >= 0.3 is 5.97 Å². The molecule has 2 rings (SSSR count). The van der Waals surface area contributed by atoms with Gasteiger partial charge in [-0.2, -0.15) is 0 Å². The number of ether oxygens (including phenoxy) is 2. The first-order valence-electron chi connectivity index (χ1n) is 12.8. The molecule has 4 heteroatoms. The SMILES string of the molecule is CCCCCCCCOC(=O)[C@@H](C)Oc1ccc(-c2ccc(SCCCCCC)cc2)cc1. The molecule has 182 valence electrons. The Morgan fingerprint density at radius 1 is 0.758 bits per heavy atom. The Bertz CT molecular complexity index is 770. The molecule has 0 aliphatic rings. The number of benzene rings is 2. The highest BCUT2D eigenvalue weighted by molar-refractivity contribution is 7.99. The largest absolute Gasteiger partial charge is 0.479 e. The number of thioether (sulfide) groups is 1. The second-order valence-electron chi connectivity index (χ2n) is 8.65. The summed E-state index contributed by atoms with van der Waals surface area (Å²) in [5, 5.41) is 0. The highest BCUT2D eigenvalue weighted by Crippen LogP contribution is 2.27. The number of esters is 1. The van der Waals surface area contributed by atoms with Crippen molar-refractivity contribution in [3.8, 4) is 16.9 Å². The van der Waals surface area contributed by atoms with E-state index >= 15 is 0 Å². The van der Waals surface area contributed by atoms with E-state index < -0.39 is 6.10 Å². The van der Waals surface area contributed by atoms with Crippen molar-refractivity contribution >= 4 is 17.7 Å². The molecule has 33 heavy (non-hydrogen) atoms. The summed E-state index contributed by atoms with van der Waals surface area (Å²) in [6.07, 6.45) is 11.7. The molecule has 0 aliphatic heterocycles. The van der Waals surface area contributed by atoms with Gasteiger partial charge in [0, 0.05) is 4.90 Å². The standard InChI is InChI=1S/C29H42O3S/c1-4-6-8-10-11-12-22-31-29(30)24(3)32-27-18-14-25(15-19-27)26-16-20-28(21-17-26)33-23-13-9-7-5-2/h14-21,24H,4-13,22-23H2,1-3H3/t24-/m1/s1. The van der Waals surface area contributed by atoms with Gasteiger partial charge in [-0.3, -0.25) is 0 Å². The summed E-state index contributed by atoms with van der Waals surface area (Å²) in [6, 6.07) is 16.7. The molecule has 0 radical (unpaired) electrons. The quantitative estimate of drug-likeness (QED) is 0.132. The number of hydrogen-bond donors (Lipinski definition) is 0. The van der Waals surface area contributed by atoms with E-state index in [4.69, 9.17) is 9.47 Å². The van der Waals surface area contributed by atoms with Gasteiger partial charge in [-0.15, -0.1) is 11.8 Å². The molecule has 2 aromatic carbocycles. The summed E-state index contributed by atoms with van der Waals surface area (Å²) in [4.78, 5) is 13.5. The minimum atomic E-state index is -0.607. The number of hydrogen-bond acceptors (Lipinski definition) is 4. The van der Waals surface area contributed by atoms with Crippen molar-refractivity contribution in [1.82, 2.24) is 0 Å². The van der Waals surface area contributed by atoms with E-state index in [0.717, 1.165) is 18.4 Å². The molecular formula is C29H42O3S. The zero-order valence-electron chi connectivity index (χ0n) is 20.8. The van der Waals surface area contributed by atoms with Crippen molar-refractivity contribution in [2.24, 2.45) is 0 Å². The van der Waals surface area contributed by atoms with Gasteiger partial charge in [0.05, 0.1) is 6.61 Å². The smallest absolute Gasteiger partial charge is 0.347 e. The van der Waals surface area contributed by atoms with Crippen molar-refractivity contribution in [2.45, 2.75) is 96.0 Å². The Labute approximate surface area is 205 Å². The van der Waals surface area contributed by atoms with E-state index in [2.05, 4.69) is 38.1 Å². The summed E-state index contributed by atoms with van der Waals surface area (Å²) < 4.78 is 11.2. The first-order valence-corrected chi connectivity index (χ1v) is 13.8. The lowest BCUT2D eigenvalue weighted by molar-refractivity contribution is -0.151. The predicted molar refractivity (Wildman–Crippen MR) is 141 cm³/mol. The van der Waals surface area contributed by atoms with Crippen LogP contribution in [0.2, 0.25) is 0 Å². The van der Waals surface area contributed by atoms with Crippen LogP contribution in [0.4, 0.5) is 0 Å². The first kappa shape index (κ1) is 27.3. The summed E-state index contributed by atoms with van der Waals surface area (Å²) >= 11 is 1.93. The molecular weight excluding hydrogens is 428 g/mol. The zero-order valence-corrected chi connectivity index (χ0v) is 21.6. The van der Waals surface area contributed by atoms with Crippen LogP contribution in [0, 0.1) is 0 Å². The maximum Gasteiger partial charge on any atom is 0.347 e. The van der Waals surface area contributed by atoms with Crippen LogP contribution in [-0.2, 0) is 9.53 Å². The minimum absolute atomic E-state index is 0.296. The second-order valence-corrected chi connectivity index (χ2v) is 9.82. The molecule has 0 spiro atoms. The molecule has 0 saturated heterocycles. The average Bonchev–Trinajstić information content (AvgIpc) is 2.84. The summed E-state index contributed by atoms with van der Waals surface area (Å²) in [5.74, 6) is 1.57. The maximum atomic E-state index is 12.2. The molecule has 0 amide bonds. The molecule has 0 bridgehead atoms. The van der Waals surface area contributed by atoms with E-state index in [9.17, 15) is 4.79 Å². The van der Waals surface area contributed by atoms with E-state index in [1.54, 1.807) is 6.92 Å². The number of unbranched alkanes of at least 4 members (excludes halogenated alkanes) is 8. The molecule has 1 atom stereocenters. The average molecular weight is 471 g/mol. The molecule has 0 heterocycles. The fourth-order valence-corrected chi connectivity index (χ4v) is 4.53. The zero-order chi connectivity index (χ0) is 23.7. The minimum Gasteiger partial charge on any atom is -0.479 e. The molecule has 2 aromatic rings. The van der Waals surface area contributed by atoms with Crippen molar-refractivity contribution < 1.29 is 14.3 Å². The summed E-state index contributed by atoms with van der Waals surface area (Å²) in [6.45, 7) is 6.68. The van der Waals surface area contributed by atoms with Crippen LogP contribution in [0.3, 0.4) is 0 Å². The van der Waals surface area contributed by atoms with Gasteiger partial charge in [0.1, 0.15) is 5.75 Å². The third kappa shape index (κ3) is 11.2. The van der Waals surface area contributed by atoms with Gasteiger partial charge in [-0.25, -0.2) is 4.79 Å². The van der Waals surface area contributed by atoms with E-state index in [1.165, 1.54) is 67.6 Å². The van der Waals surface area contributed by atoms with Crippen LogP contribution < -0.4 is 4.74 Å². The molecule has 0 aromatic heterocycles. The lowest BCUT2D eigenvalue weighted by Gasteiger charge is -2.14. The van der Waals surface area contributed by atoms with Crippen molar-refractivity contribution in [1.29, 1.82) is 0 Å². The van der Waals surface area contributed by atoms with Crippen LogP contribution in [-0.4, -0.2) is 24.4 Å². The predicted octanol–water partition coefficient (Wildman–Crippen LogP) is 8.70.